The van der Waals surface area contributed by atoms with E-state index in [0.29, 0.717) is 6.54 Å². The van der Waals surface area contributed by atoms with Gasteiger partial charge in [-0.25, -0.2) is 4.98 Å². The van der Waals surface area contributed by atoms with Crippen LogP contribution in [-0.2, 0) is 6.54 Å². The number of aliphatic hydroxyl groups excluding tert-OH is 1. The third-order valence-electron chi connectivity index (χ3n) is 5.82. The second-order valence-corrected chi connectivity index (χ2v) is 8.10. The van der Waals surface area contributed by atoms with E-state index in [1.54, 1.807) is 0 Å². The third-order valence-corrected chi connectivity index (χ3v) is 5.82. The number of aryl methyl sites for hydroxylation is 1. The van der Waals surface area contributed by atoms with E-state index in [4.69, 9.17) is 4.98 Å². The van der Waals surface area contributed by atoms with Crippen LogP contribution in [0.15, 0.2) is 24.3 Å². The number of anilines is 1. The van der Waals surface area contributed by atoms with Crippen LogP contribution in [0.25, 0.3) is 10.9 Å². The van der Waals surface area contributed by atoms with Gasteiger partial charge in [-0.2, -0.15) is 0 Å². The van der Waals surface area contributed by atoms with Gasteiger partial charge in [0.05, 0.1) is 11.6 Å². The van der Waals surface area contributed by atoms with Crippen molar-refractivity contribution >= 4 is 16.7 Å². The second kappa shape index (κ2) is 7.93. The zero-order chi connectivity index (χ0) is 17.9. The first-order chi connectivity index (χ1) is 12.7. The number of aliphatic hydroxyl groups is 1. The number of hydrogen-bond acceptors (Lipinski definition) is 4. The van der Waals surface area contributed by atoms with Gasteiger partial charge < -0.3 is 10.0 Å². The fourth-order valence-electron chi connectivity index (χ4n) is 4.40. The topological polar surface area (TPSA) is 39.6 Å². The Labute approximate surface area is 156 Å². The minimum absolute atomic E-state index is 0.231. The third kappa shape index (κ3) is 4.02. The van der Waals surface area contributed by atoms with Gasteiger partial charge in [0.1, 0.15) is 5.82 Å². The highest BCUT2D eigenvalue weighted by atomic mass is 16.3. The Kier molecular flexibility index (Phi) is 5.41. The molecule has 2 fully saturated rings. The van der Waals surface area contributed by atoms with Crippen LogP contribution in [-0.4, -0.2) is 47.3 Å². The standard InChI is InChI=1S/C22H31N3O/c1-17-8-9-21-18(13-17)14-19(15-24-10-4-2-3-5-11-24)22(23-21)25-12-6-7-20(26)16-25/h8-9,13-14,20,26H,2-7,10-12,15-16H2,1H3/t20-/m0/s1. The maximum Gasteiger partial charge on any atom is 0.133 e. The average molecular weight is 354 g/mol. The van der Waals surface area contributed by atoms with E-state index in [1.165, 1.54) is 55.3 Å². The Morgan fingerprint density at radius 1 is 1.04 bits per heavy atom. The summed E-state index contributed by atoms with van der Waals surface area (Å²) in [5.74, 6) is 1.09. The Morgan fingerprint density at radius 3 is 2.62 bits per heavy atom. The highest BCUT2D eigenvalue weighted by Gasteiger charge is 2.23. The van der Waals surface area contributed by atoms with Gasteiger partial charge in [0.25, 0.3) is 0 Å². The normalized spacial score (nSPS) is 22.5. The molecule has 0 unspecified atom stereocenters. The molecule has 2 aliphatic heterocycles. The Bertz CT molecular complexity index is 752. The molecule has 1 atom stereocenters. The summed E-state index contributed by atoms with van der Waals surface area (Å²) in [6.07, 6.45) is 7.04. The molecule has 0 aliphatic carbocycles. The SMILES string of the molecule is Cc1ccc2nc(N3CCC[C@H](O)C3)c(CN3CCCCCC3)cc2c1. The first-order valence-electron chi connectivity index (χ1n) is 10.2. The van der Waals surface area contributed by atoms with Crippen molar-refractivity contribution in [3.05, 3.63) is 35.4 Å². The number of β-amino-alcohol motifs (C(OH)–C–C–N with tert-alkyl or cyclic N) is 1. The molecule has 4 rings (SSSR count). The van der Waals surface area contributed by atoms with Crippen molar-refractivity contribution in [2.24, 2.45) is 0 Å². The van der Waals surface area contributed by atoms with Crippen LogP contribution in [0, 0.1) is 6.92 Å². The number of hydrogen-bond donors (Lipinski definition) is 1. The van der Waals surface area contributed by atoms with Gasteiger partial charge in [0.15, 0.2) is 0 Å². The summed E-state index contributed by atoms with van der Waals surface area (Å²) in [6.45, 7) is 7.19. The molecule has 4 nitrogen and oxygen atoms in total. The Hall–Kier alpha value is -1.65. The molecule has 2 aliphatic rings. The number of pyridine rings is 1. The van der Waals surface area contributed by atoms with Crippen LogP contribution in [0.1, 0.15) is 49.7 Å². The predicted molar refractivity (Wildman–Crippen MR) is 108 cm³/mol. The van der Waals surface area contributed by atoms with Gasteiger partial charge in [-0.1, -0.05) is 24.5 Å². The smallest absolute Gasteiger partial charge is 0.133 e. The average Bonchev–Trinajstić information content (AvgIpc) is 2.90. The van der Waals surface area contributed by atoms with Gasteiger partial charge in [-0.15, -0.1) is 0 Å². The van der Waals surface area contributed by atoms with E-state index in [2.05, 4.69) is 41.0 Å². The summed E-state index contributed by atoms with van der Waals surface area (Å²) < 4.78 is 0. The molecule has 1 aromatic heterocycles. The molecule has 140 valence electrons. The van der Waals surface area contributed by atoms with Crippen molar-refractivity contribution in [1.29, 1.82) is 0 Å². The number of aromatic nitrogens is 1. The van der Waals surface area contributed by atoms with Crippen molar-refractivity contribution < 1.29 is 5.11 Å². The van der Waals surface area contributed by atoms with Crippen molar-refractivity contribution in [2.75, 3.05) is 31.1 Å². The van der Waals surface area contributed by atoms with Crippen molar-refractivity contribution in [3.63, 3.8) is 0 Å². The summed E-state index contributed by atoms with van der Waals surface area (Å²) in [5, 5.41) is 11.4. The maximum atomic E-state index is 10.2. The minimum atomic E-state index is -0.231. The van der Waals surface area contributed by atoms with Crippen LogP contribution in [0.4, 0.5) is 5.82 Å². The molecule has 0 saturated carbocycles. The fourth-order valence-corrected chi connectivity index (χ4v) is 4.40. The lowest BCUT2D eigenvalue weighted by Crippen LogP contribution is -2.39. The van der Waals surface area contributed by atoms with Crippen LogP contribution in [0.5, 0.6) is 0 Å². The van der Waals surface area contributed by atoms with Gasteiger partial charge >= 0.3 is 0 Å². The van der Waals surface area contributed by atoms with Crippen LogP contribution in [0.3, 0.4) is 0 Å². The molecule has 2 saturated heterocycles. The highest BCUT2D eigenvalue weighted by Crippen LogP contribution is 2.28. The van der Waals surface area contributed by atoms with Crippen LogP contribution < -0.4 is 4.90 Å². The summed E-state index contributed by atoms with van der Waals surface area (Å²) >= 11 is 0. The molecule has 0 radical (unpaired) electrons. The number of piperidine rings is 1. The molecule has 3 heterocycles. The van der Waals surface area contributed by atoms with Crippen LogP contribution in [0.2, 0.25) is 0 Å². The van der Waals surface area contributed by atoms with Gasteiger partial charge in [-0.3, -0.25) is 4.90 Å². The lowest BCUT2D eigenvalue weighted by molar-refractivity contribution is 0.153. The number of fused-ring (bicyclic) bond motifs is 1. The van der Waals surface area contributed by atoms with E-state index in [1.807, 2.05) is 0 Å². The van der Waals surface area contributed by atoms with Crippen molar-refractivity contribution in [3.8, 4) is 0 Å². The highest BCUT2D eigenvalue weighted by molar-refractivity contribution is 5.82. The van der Waals surface area contributed by atoms with E-state index in [-0.39, 0.29) is 6.10 Å². The van der Waals surface area contributed by atoms with Gasteiger partial charge in [0, 0.05) is 30.6 Å². The lowest BCUT2D eigenvalue weighted by atomic mass is 10.1. The molecular weight excluding hydrogens is 322 g/mol. The maximum absolute atomic E-state index is 10.2. The Balaban J connectivity index is 1.70. The molecular formula is C22H31N3O. The molecule has 2 aromatic rings. The summed E-state index contributed by atoms with van der Waals surface area (Å²) in [7, 11) is 0. The summed E-state index contributed by atoms with van der Waals surface area (Å²) in [6, 6.07) is 8.85. The number of benzene rings is 1. The first kappa shape index (κ1) is 17.7. The molecule has 1 N–H and O–H groups in total. The number of nitrogens with zero attached hydrogens (tertiary/aromatic N) is 3. The zero-order valence-electron chi connectivity index (χ0n) is 16.0. The molecule has 4 heteroatoms. The number of rotatable bonds is 3. The molecule has 0 amide bonds. The quantitative estimate of drug-likeness (QED) is 0.909. The molecule has 26 heavy (non-hydrogen) atoms. The fraction of sp³-hybridized carbons (Fsp3) is 0.591. The number of likely N-dealkylation sites (tertiary alicyclic amines) is 1. The summed E-state index contributed by atoms with van der Waals surface area (Å²) in [5.41, 5.74) is 3.66. The predicted octanol–water partition coefficient (Wildman–Crippen LogP) is 3.88. The van der Waals surface area contributed by atoms with Crippen molar-refractivity contribution in [2.45, 2.75) is 58.1 Å². The van der Waals surface area contributed by atoms with E-state index < -0.39 is 0 Å². The van der Waals surface area contributed by atoms with Gasteiger partial charge in [0.2, 0.25) is 0 Å². The molecule has 0 bridgehead atoms. The zero-order valence-corrected chi connectivity index (χ0v) is 16.0. The monoisotopic (exact) mass is 353 g/mol. The summed E-state index contributed by atoms with van der Waals surface area (Å²) in [4.78, 5) is 9.95. The first-order valence-corrected chi connectivity index (χ1v) is 10.2. The lowest BCUT2D eigenvalue weighted by Gasteiger charge is -2.33. The second-order valence-electron chi connectivity index (χ2n) is 8.10. The minimum Gasteiger partial charge on any atom is -0.391 e. The Morgan fingerprint density at radius 2 is 1.85 bits per heavy atom. The van der Waals surface area contributed by atoms with E-state index in [9.17, 15) is 5.11 Å². The van der Waals surface area contributed by atoms with Crippen molar-refractivity contribution in [1.82, 2.24) is 9.88 Å². The van der Waals surface area contributed by atoms with Gasteiger partial charge in [-0.05, 0) is 63.9 Å². The molecule has 0 spiro atoms. The largest absolute Gasteiger partial charge is 0.391 e. The van der Waals surface area contributed by atoms with E-state index in [0.717, 1.165) is 37.3 Å². The van der Waals surface area contributed by atoms with Crippen LogP contribution >= 0.6 is 0 Å². The van der Waals surface area contributed by atoms with E-state index >= 15 is 0 Å². The molecule has 1 aromatic carbocycles.